The fourth-order valence-electron chi connectivity index (χ4n) is 2.72. The zero-order chi connectivity index (χ0) is 19.2. The SMILES string of the molecule is Cc1cccc(Nc2nc(C)cc(=O)n2CC(=O)NCc2ccccc2)c1. The molecule has 0 unspecified atom stereocenters. The lowest BCUT2D eigenvalue weighted by molar-refractivity contribution is -0.121. The molecule has 27 heavy (non-hydrogen) atoms. The van der Waals surface area contributed by atoms with E-state index in [9.17, 15) is 9.59 Å². The van der Waals surface area contributed by atoms with Gasteiger partial charge in [-0.2, -0.15) is 0 Å². The van der Waals surface area contributed by atoms with Crippen LogP contribution in [0.4, 0.5) is 11.6 Å². The number of anilines is 2. The van der Waals surface area contributed by atoms with E-state index in [1.54, 1.807) is 6.92 Å². The van der Waals surface area contributed by atoms with Gasteiger partial charge in [0.2, 0.25) is 11.9 Å². The van der Waals surface area contributed by atoms with Crippen LogP contribution >= 0.6 is 0 Å². The van der Waals surface area contributed by atoms with Gasteiger partial charge in [0.1, 0.15) is 6.54 Å². The van der Waals surface area contributed by atoms with Crippen molar-refractivity contribution in [1.29, 1.82) is 0 Å². The van der Waals surface area contributed by atoms with Crippen LogP contribution in [0, 0.1) is 13.8 Å². The Bertz CT molecular complexity index is 997. The van der Waals surface area contributed by atoms with Crippen molar-refractivity contribution >= 4 is 17.5 Å². The molecule has 0 atom stereocenters. The van der Waals surface area contributed by atoms with Crippen LogP contribution in [0.1, 0.15) is 16.8 Å². The molecule has 0 spiro atoms. The normalized spacial score (nSPS) is 10.4. The van der Waals surface area contributed by atoms with E-state index in [0.717, 1.165) is 16.8 Å². The summed E-state index contributed by atoms with van der Waals surface area (Å²) in [5.41, 5.74) is 3.22. The number of aromatic nitrogens is 2. The van der Waals surface area contributed by atoms with E-state index in [-0.39, 0.29) is 18.0 Å². The second kappa shape index (κ2) is 8.31. The highest BCUT2D eigenvalue weighted by atomic mass is 16.2. The molecule has 2 aromatic carbocycles. The number of hydrogen-bond acceptors (Lipinski definition) is 4. The van der Waals surface area contributed by atoms with Gasteiger partial charge in [-0.05, 0) is 37.1 Å². The van der Waals surface area contributed by atoms with Crippen molar-refractivity contribution in [1.82, 2.24) is 14.9 Å². The molecule has 3 aromatic rings. The van der Waals surface area contributed by atoms with Gasteiger partial charge in [0, 0.05) is 24.0 Å². The van der Waals surface area contributed by atoms with E-state index in [0.29, 0.717) is 18.2 Å². The molecule has 0 aliphatic rings. The molecule has 6 heteroatoms. The van der Waals surface area contributed by atoms with Gasteiger partial charge >= 0.3 is 0 Å². The molecule has 3 rings (SSSR count). The fraction of sp³-hybridized carbons (Fsp3) is 0.190. The average molecular weight is 362 g/mol. The van der Waals surface area contributed by atoms with Crippen LogP contribution in [0.2, 0.25) is 0 Å². The smallest absolute Gasteiger partial charge is 0.255 e. The Morgan fingerprint density at radius 1 is 1.04 bits per heavy atom. The van der Waals surface area contributed by atoms with Crippen molar-refractivity contribution in [3.63, 3.8) is 0 Å². The van der Waals surface area contributed by atoms with Crippen LogP contribution in [0.3, 0.4) is 0 Å². The molecule has 0 saturated carbocycles. The molecule has 1 aromatic heterocycles. The summed E-state index contributed by atoms with van der Waals surface area (Å²) in [5, 5.41) is 5.98. The van der Waals surface area contributed by atoms with Crippen LogP contribution in [-0.2, 0) is 17.9 Å². The predicted octanol–water partition coefficient (Wildman–Crippen LogP) is 2.92. The number of carbonyl (C=O) groups is 1. The first-order valence-electron chi connectivity index (χ1n) is 8.74. The first kappa shape index (κ1) is 18.4. The maximum Gasteiger partial charge on any atom is 0.255 e. The maximum absolute atomic E-state index is 12.4. The van der Waals surface area contributed by atoms with E-state index in [4.69, 9.17) is 0 Å². The molecule has 6 nitrogen and oxygen atoms in total. The number of amides is 1. The van der Waals surface area contributed by atoms with Gasteiger partial charge in [0.05, 0.1) is 0 Å². The van der Waals surface area contributed by atoms with Gasteiger partial charge in [-0.3, -0.25) is 14.2 Å². The zero-order valence-corrected chi connectivity index (χ0v) is 15.4. The average Bonchev–Trinajstić information content (AvgIpc) is 2.64. The van der Waals surface area contributed by atoms with Crippen LogP contribution < -0.4 is 16.2 Å². The molecule has 1 amide bonds. The second-order valence-electron chi connectivity index (χ2n) is 6.40. The van der Waals surface area contributed by atoms with Crippen LogP contribution in [0.5, 0.6) is 0 Å². The quantitative estimate of drug-likeness (QED) is 0.707. The monoisotopic (exact) mass is 362 g/mol. The standard InChI is InChI=1S/C21H22N4O2/c1-15-7-6-10-18(11-15)24-21-23-16(2)12-20(27)25(21)14-19(26)22-13-17-8-4-3-5-9-17/h3-12H,13-14H2,1-2H3,(H,22,26)(H,23,24). The van der Waals surface area contributed by atoms with E-state index >= 15 is 0 Å². The molecule has 0 aliphatic heterocycles. The Hall–Kier alpha value is -3.41. The van der Waals surface area contributed by atoms with Crippen molar-refractivity contribution in [2.45, 2.75) is 26.9 Å². The van der Waals surface area contributed by atoms with Gasteiger partial charge in [0.15, 0.2) is 0 Å². The number of hydrogen-bond donors (Lipinski definition) is 2. The van der Waals surface area contributed by atoms with Crippen molar-refractivity contribution in [3.05, 3.63) is 87.8 Å². The van der Waals surface area contributed by atoms with Gasteiger partial charge in [0.25, 0.3) is 5.56 Å². The Kier molecular flexibility index (Phi) is 5.66. The summed E-state index contributed by atoms with van der Waals surface area (Å²) in [7, 11) is 0. The van der Waals surface area contributed by atoms with Crippen molar-refractivity contribution in [3.8, 4) is 0 Å². The van der Waals surface area contributed by atoms with E-state index < -0.39 is 0 Å². The number of carbonyl (C=O) groups excluding carboxylic acids is 1. The van der Waals surface area contributed by atoms with Crippen LogP contribution in [0.25, 0.3) is 0 Å². The molecular weight excluding hydrogens is 340 g/mol. The highest BCUT2D eigenvalue weighted by Crippen LogP contribution is 2.15. The fourth-order valence-corrected chi connectivity index (χ4v) is 2.72. The largest absolute Gasteiger partial charge is 0.350 e. The topological polar surface area (TPSA) is 76.0 Å². The van der Waals surface area contributed by atoms with Gasteiger partial charge in [-0.15, -0.1) is 0 Å². The molecule has 2 N–H and O–H groups in total. The van der Waals surface area contributed by atoms with Gasteiger partial charge in [-0.25, -0.2) is 4.98 Å². The first-order valence-corrected chi connectivity index (χ1v) is 8.74. The second-order valence-corrected chi connectivity index (χ2v) is 6.40. The van der Waals surface area contributed by atoms with Crippen molar-refractivity contribution in [2.24, 2.45) is 0 Å². The minimum atomic E-state index is -0.271. The third kappa shape index (κ3) is 5.04. The first-order chi connectivity index (χ1) is 13.0. The Morgan fingerprint density at radius 2 is 1.81 bits per heavy atom. The number of aryl methyl sites for hydroxylation is 2. The molecule has 138 valence electrons. The Balaban J connectivity index is 1.77. The van der Waals surface area contributed by atoms with Crippen molar-refractivity contribution < 1.29 is 4.79 Å². The molecule has 0 saturated heterocycles. The molecule has 0 fully saturated rings. The molecule has 0 bridgehead atoms. The predicted molar refractivity (Wildman–Crippen MR) is 106 cm³/mol. The highest BCUT2D eigenvalue weighted by Gasteiger charge is 2.12. The summed E-state index contributed by atoms with van der Waals surface area (Å²) in [6.07, 6.45) is 0. The molecule has 0 radical (unpaired) electrons. The summed E-state index contributed by atoms with van der Waals surface area (Å²) in [6.45, 7) is 4.04. The molecular formula is C21H22N4O2. The highest BCUT2D eigenvalue weighted by molar-refractivity contribution is 5.76. The van der Waals surface area contributed by atoms with Gasteiger partial charge < -0.3 is 10.6 Å². The third-order valence-corrected chi connectivity index (χ3v) is 4.04. The minimum Gasteiger partial charge on any atom is -0.350 e. The molecule has 0 aliphatic carbocycles. The molecule has 1 heterocycles. The van der Waals surface area contributed by atoms with E-state index in [1.807, 2.05) is 61.5 Å². The summed E-state index contributed by atoms with van der Waals surface area (Å²) in [6, 6.07) is 18.8. The van der Waals surface area contributed by atoms with Gasteiger partial charge in [-0.1, -0.05) is 42.5 Å². The lowest BCUT2D eigenvalue weighted by Gasteiger charge is -2.14. The maximum atomic E-state index is 12.4. The van der Waals surface area contributed by atoms with Crippen molar-refractivity contribution in [2.75, 3.05) is 5.32 Å². The summed E-state index contributed by atoms with van der Waals surface area (Å²) < 4.78 is 1.34. The Morgan fingerprint density at radius 3 is 2.56 bits per heavy atom. The summed E-state index contributed by atoms with van der Waals surface area (Å²) >= 11 is 0. The van der Waals surface area contributed by atoms with E-state index in [2.05, 4.69) is 15.6 Å². The Labute approximate surface area is 157 Å². The number of nitrogens with one attached hydrogen (secondary N) is 2. The number of nitrogens with zero attached hydrogens (tertiary/aromatic N) is 2. The lowest BCUT2D eigenvalue weighted by Crippen LogP contribution is -2.33. The van der Waals surface area contributed by atoms with Crippen LogP contribution in [-0.4, -0.2) is 15.5 Å². The van der Waals surface area contributed by atoms with Crippen LogP contribution in [0.15, 0.2) is 65.5 Å². The summed E-state index contributed by atoms with van der Waals surface area (Å²) in [4.78, 5) is 29.2. The number of rotatable bonds is 6. The summed E-state index contributed by atoms with van der Waals surface area (Å²) in [5.74, 6) is 0.0966. The number of benzene rings is 2. The lowest BCUT2D eigenvalue weighted by atomic mass is 10.2. The minimum absolute atomic E-state index is 0.104. The zero-order valence-electron chi connectivity index (χ0n) is 15.4. The van der Waals surface area contributed by atoms with E-state index in [1.165, 1.54) is 10.6 Å². The third-order valence-electron chi connectivity index (χ3n) is 4.04.